The van der Waals surface area contributed by atoms with Crippen LogP contribution in [0.1, 0.15) is 46.0 Å². The number of hydrogen-bond acceptors (Lipinski definition) is 1. The summed E-state index contributed by atoms with van der Waals surface area (Å²) < 4.78 is 60.8. The van der Waals surface area contributed by atoms with E-state index in [9.17, 15) is 26.7 Å². The topological polar surface area (TPSA) is 29.1 Å². The fraction of sp³-hybridized carbons (Fsp3) is 0.909. The van der Waals surface area contributed by atoms with E-state index in [0.717, 1.165) is 19.3 Å². The fourth-order valence-corrected chi connectivity index (χ4v) is 1.39. The van der Waals surface area contributed by atoms with E-state index in [-0.39, 0.29) is 0 Å². The third-order valence-corrected chi connectivity index (χ3v) is 2.51. The van der Waals surface area contributed by atoms with Gasteiger partial charge in [-0.15, -0.1) is 0 Å². The first-order chi connectivity index (χ1) is 8.13. The maximum Gasteiger partial charge on any atom is 0.463 e. The Kier molecular flexibility index (Phi) is 6.56. The van der Waals surface area contributed by atoms with Crippen LogP contribution in [0.4, 0.5) is 22.0 Å². The summed E-state index contributed by atoms with van der Waals surface area (Å²) in [5, 5.41) is 1.69. The van der Waals surface area contributed by atoms with Gasteiger partial charge in [0.05, 0.1) is 0 Å². The average Bonchev–Trinajstić information content (AvgIpc) is 2.22. The summed E-state index contributed by atoms with van der Waals surface area (Å²) in [4.78, 5) is 10.8. The first-order valence-electron chi connectivity index (χ1n) is 5.88. The van der Waals surface area contributed by atoms with Gasteiger partial charge in [0.15, 0.2) is 0 Å². The van der Waals surface area contributed by atoms with E-state index in [1.54, 1.807) is 5.32 Å². The molecule has 0 aromatic carbocycles. The van der Waals surface area contributed by atoms with Crippen molar-refractivity contribution >= 4 is 5.91 Å². The number of carbonyl (C=O) groups is 1. The fourth-order valence-electron chi connectivity index (χ4n) is 1.39. The Bertz CT molecular complexity index is 265. The Morgan fingerprint density at radius 2 is 1.67 bits per heavy atom. The SMILES string of the molecule is CCCCCCC(C)NC(=O)C(F)(F)C(F)(F)F. The molecule has 0 saturated heterocycles. The van der Waals surface area contributed by atoms with E-state index in [1.807, 2.05) is 6.92 Å². The van der Waals surface area contributed by atoms with E-state index in [0.29, 0.717) is 12.8 Å². The van der Waals surface area contributed by atoms with Crippen molar-refractivity contribution in [3.05, 3.63) is 0 Å². The van der Waals surface area contributed by atoms with Gasteiger partial charge in [0.1, 0.15) is 0 Å². The summed E-state index contributed by atoms with van der Waals surface area (Å²) in [6.07, 6.45) is -1.94. The summed E-state index contributed by atoms with van der Waals surface area (Å²) in [5.41, 5.74) is 0. The van der Waals surface area contributed by atoms with Crippen LogP contribution in [-0.2, 0) is 4.79 Å². The molecule has 0 aromatic heterocycles. The van der Waals surface area contributed by atoms with Crippen molar-refractivity contribution in [1.29, 1.82) is 0 Å². The van der Waals surface area contributed by atoms with Gasteiger partial charge in [0.25, 0.3) is 0 Å². The molecule has 1 amide bonds. The lowest BCUT2D eigenvalue weighted by atomic mass is 10.1. The highest BCUT2D eigenvalue weighted by atomic mass is 19.4. The van der Waals surface area contributed by atoms with E-state index in [1.165, 1.54) is 6.92 Å². The molecule has 0 aliphatic heterocycles. The maximum atomic E-state index is 12.6. The van der Waals surface area contributed by atoms with Gasteiger partial charge in [-0.2, -0.15) is 22.0 Å². The standard InChI is InChI=1S/C11H18F5NO/c1-3-4-5-6-7-8(2)17-9(18)10(12,13)11(14,15)16/h8H,3-7H2,1-2H3,(H,17,18). The van der Waals surface area contributed by atoms with Crippen LogP contribution >= 0.6 is 0 Å². The summed E-state index contributed by atoms with van der Waals surface area (Å²) in [5.74, 6) is -7.61. The lowest BCUT2D eigenvalue weighted by Gasteiger charge is -2.21. The molecule has 0 aromatic rings. The van der Waals surface area contributed by atoms with Crippen LogP contribution in [0.2, 0.25) is 0 Å². The van der Waals surface area contributed by atoms with Gasteiger partial charge in [0.2, 0.25) is 0 Å². The Morgan fingerprint density at radius 3 is 2.11 bits per heavy atom. The summed E-state index contributed by atoms with van der Waals surface area (Å²) in [6.45, 7) is 3.41. The van der Waals surface area contributed by atoms with Crippen LogP contribution in [0.3, 0.4) is 0 Å². The molecule has 0 saturated carbocycles. The third-order valence-electron chi connectivity index (χ3n) is 2.51. The number of unbranched alkanes of at least 4 members (excludes halogenated alkanes) is 3. The van der Waals surface area contributed by atoms with Gasteiger partial charge >= 0.3 is 18.0 Å². The van der Waals surface area contributed by atoms with Crippen LogP contribution in [0, 0.1) is 0 Å². The molecule has 18 heavy (non-hydrogen) atoms. The number of amides is 1. The Morgan fingerprint density at radius 1 is 1.11 bits per heavy atom. The lowest BCUT2D eigenvalue weighted by molar-refractivity contribution is -0.270. The number of hydrogen-bond donors (Lipinski definition) is 1. The summed E-state index contributed by atoms with van der Waals surface area (Å²) in [7, 11) is 0. The Labute approximate surface area is 103 Å². The maximum absolute atomic E-state index is 12.6. The number of rotatable bonds is 7. The minimum Gasteiger partial charge on any atom is -0.348 e. The molecule has 0 aliphatic carbocycles. The molecule has 0 bridgehead atoms. The van der Waals surface area contributed by atoms with Crippen molar-refractivity contribution in [3.63, 3.8) is 0 Å². The molecule has 0 fully saturated rings. The van der Waals surface area contributed by atoms with Crippen LogP contribution < -0.4 is 5.32 Å². The van der Waals surface area contributed by atoms with Crippen molar-refractivity contribution in [2.75, 3.05) is 0 Å². The molecule has 0 rings (SSSR count). The molecule has 1 atom stereocenters. The molecule has 0 aliphatic rings. The lowest BCUT2D eigenvalue weighted by Crippen LogP contribution is -2.52. The van der Waals surface area contributed by atoms with Crippen molar-refractivity contribution in [2.45, 2.75) is 64.1 Å². The van der Waals surface area contributed by atoms with E-state index < -0.39 is 24.0 Å². The number of alkyl halides is 5. The quantitative estimate of drug-likeness (QED) is 0.557. The van der Waals surface area contributed by atoms with Crippen LogP contribution in [0.25, 0.3) is 0 Å². The van der Waals surface area contributed by atoms with E-state index in [4.69, 9.17) is 0 Å². The molecule has 7 heteroatoms. The molecule has 2 nitrogen and oxygen atoms in total. The van der Waals surface area contributed by atoms with Gasteiger partial charge in [-0.25, -0.2) is 0 Å². The molecular weight excluding hydrogens is 257 g/mol. The van der Waals surface area contributed by atoms with Crippen molar-refractivity contribution < 1.29 is 26.7 Å². The molecule has 108 valence electrons. The minimum absolute atomic E-state index is 0.389. The van der Waals surface area contributed by atoms with Gasteiger partial charge in [0, 0.05) is 6.04 Å². The number of nitrogens with one attached hydrogen (secondary N) is 1. The largest absolute Gasteiger partial charge is 0.463 e. The second-order valence-corrected chi connectivity index (χ2v) is 4.30. The van der Waals surface area contributed by atoms with Gasteiger partial charge in [-0.1, -0.05) is 32.6 Å². The Hall–Kier alpha value is -0.880. The van der Waals surface area contributed by atoms with Crippen molar-refractivity contribution in [1.82, 2.24) is 5.32 Å². The smallest absolute Gasteiger partial charge is 0.348 e. The molecule has 0 spiro atoms. The predicted molar refractivity (Wildman–Crippen MR) is 57.4 cm³/mol. The van der Waals surface area contributed by atoms with Crippen molar-refractivity contribution in [2.24, 2.45) is 0 Å². The Balaban J connectivity index is 4.15. The summed E-state index contributed by atoms with van der Waals surface area (Å²) >= 11 is 0. The highest BCUT2D eigenvalue weighted by molar-refractivity contribution is 5.84. The second-order valence-electron chi connectivity index (χ2n) is 4.30. The minimum atomic E-state index is -5.85. The number of carbonyl (C=O) groups excluding carboxylic acids is 1. The normalized spacial score (nSPS) is 14.4. The molecule has 1 unspecified atom stereocenters. The van der Waals surface area contributed by atoms with Crippen molar-refractivity contribution in [3.8, 4) is 0 Å². The molecular formula is C11H18F5NO. The summed E-state index contributed by atoms with van der Waals surface area (Å²) in [6, 6.07) is -0.692. The molecule has 1 N–H and O–H groups in total. The van der Waals surface area contributed by atoms with E-state index in [2.05, 4.69) is 0 Å². The van der Waals surface area contributed by atoms with Gasteiger partial charge < -0.3 is 5.32 Å². The number of halogens is 5. The second kappa shape index (κ2) is 6.89. The first-order valence-corrected chi connectivity index (χ1v) is 5.88. The van der Waals surface area contributed by atoms with Gasteiger partial charge in [-0.3, -0.25) is 4.79 Å². The average molecular weight is 275 g/mol. The molecule has 0 radical (unpaired) electrons. The van der Waals surface area contributed by atoms with E-state index >= 15 is 0 Å². The third kappa shape index (κ3) is 5.18. The highest BCUT2D eigenvalue weighted by Crippen LogP contribution is 2.35. The van der Waals surface area contributed by atoms with Gasteiger partial charge in [-0.05, 0) is 13.3 Å². The zero-order valence-corrected chi connectivity index (χ0v) is 10.4. The van der Waals surface area contributed by atoms with Crippen LogP contribution in [0.5, 0.6) is 0 Å². The first kappa shape index (κ1) is 17.1. The van der Waals surface area contributed by atoms with Crippen LogP contribution in [-0.4, -0.2) is 24.0 Å². The zero-order valence-electron chi connectivity index (χ0n) is 10.4. The predicted octanol–water partition coefficient (Wildman–Crippen LogP) is 3.66. The highest BCUT2D eigenvalue weighted by Gasteiger charge is 2.63. The van der Waals surface area contributed by atoms with Crippen LogP contribution in [0.15, 0.2) is 0 Å². The monoisotopic (exact) mass is 275 g/mol. The molecule has 0 heterocycles. The zero-order chi connectivity index (χ0) is 14.4.